The van der Waals surface area contributed by atoms with E-state index < -0.39 is 10.0 Å². The van der Waals surface area contributed by atoms with Crippen LogP contribution < -0.4 is 10.5 Å². The second kappa shape index (κ2) is 5.85. The summed E-state index contributed by atoms with van der Waals surface area (Å²) in [5.41, 5.74) is 5.89. The first-order valence-electron chi connectivity index (χ1n) is 6.44. The Morgan fingerprint density at radius 3 is 3.00 bits per heavy atom. The van der Waals surface area contributed by atoms with Crippen molar-refractivity contribution in [1.29, 1.82) is 0 Å². The molecule has 0 aliphatic carbocycles. The molecule has 2 rings (SSSR count). The van der Waals surface area contributed by atoms with Crippen LogP contribution >= 0.6 is 0 Å². The lowest BCUT2D eigenvalue weighted by atomic mass is 10.1. The maximum absolute atomic E-state index is 12.1. The summed E-state index contributed by atoms with van der Waals surface area (Å²) in [4.78, 5) is 6.18. The van der Waals surface area contributed by atoms with Crippen molar-refractivity contribution in [2.24, 2.45) is 5.92 Å². The standard InChI is InChI=1S/C12H20N4O2S/c1-2-16-6-4-10(9-16)7-15-19(17,18)12-8-14-5-3-11(12)13/h3,5,8,10,15H,2,4,6-7,9H2,1H3,(H2,13,14). The fourth-order valence-electron chi connectivity index (χ4n) is 2.29. The normalized spacial score (nSPS) is 20.8. The molecule has 106 valence electrons. The molecule has 19 heavy (non-hydrogen) atoms. The van der Waals surface area contributed by atoms with Crippen molar-refractivity contribution in [3.05, 3.63) is 18.5 Å². The molecule has 1 unspecified atom stereocenters. The van der Waals surface area contributed by atoms with Crippen LogP contribution in [0.5, 0.6) is 0 Å². The quantitative estimate of drug-likeness (QED) is 0.811. The minimum Gasteiger partial charge on any atom is -0.398 e. The van der Waals surface area contributed by atoms with Gasteiger partial charge in [-0.25, -0.2) is 13.1 Å². The number of nitrogens with one attached hydrogen (secondary N) is 1. The largest absolute Gasteiger partial charge is 0.398 e. The predicted octanol–water partition coefficient (Wildman–Crippen LogP) is 0.284. The van der Waals surface area contributed by atoms with Crippen molar-refractivity contribution in [3.63, 3.8) is 0 Å². The van der Waals surface area contributed by atoms with Crippen LogP contribution in [0.2, 0.25) is 0 Å². The SMILES string of the molecule is CCN1CCC(CNS(=O)(=O)c2cnccc2N)C1. The van der Waals surface area contributed by atoms with Gasteiger partial charge in [-0.05, 0) is 31.5 Å². The maximum Gasteiger partial charge on any atom is 0.244 e. The van der Waals surface area contributed by atoms with E-state index in [0.717, 1.165) is 26.1 Å². The van der Waals surface area contributed by atoms with Crippen LogP contribution in [0.1, 0.15) is 13.3 Å². The first-order chi connectivity index (χ1) is 9.03. The molecule has 0 aromatic carbocycles. The van der Waals surface area contributed by atoms with Crippen molar-refractivity contribution in [2.75, 3.05) is 31.9 Å². The van der Waals surface area contributed by atoms with Gasteiger partial charge in [-0.1, -0.05) is 6.92 Å². The van der Waals surface area contributed by atoms with Crippen LogP contribution in [-0.4, -0.2) is 44.5 Å². The number of hydrogen-bond donors (Lipinski definition) is 2. The molecule has 0 radical (unpaired) electrons. The number of rotatable bonds is 5. The van der Waals surface area contributed by atoms with Crippen molar-refractivity contribution >= 4 is 15.7 Å². The highest BCUT2D eigenvalue weighted by molar-refractivity contribution is 7.89. The summed E-state index contributed by atoms with van der Waals surface area (Å²) in [5.74, 6) is 0.368. The molecule has 1 aliphatic rings. The monoisotopic (exact) mass is 284 g/mol. The first-order valence-corrected chi connectivity index (χ1v) is 7.92. The van der Waals surface area contributed by atoms with E-state index in [0.29, 0.717) is 12.5 Å². The zero-order valence-electron chi connectivity index (χ0n) is 11.0. The van der Waals surface area contributed by atoms with E-state index in [9.17, 15) is 8.42 Å². The number of nitrogen functional groups attached to an aromatic ring is 1. The van der Waals surface area contributed by atoms with E-state index in [2.05, 4.69) is 21.5 Å². The summed E-state index contributed by atoms with van der Waals surface area (Å²) < 4.78 is 26.9. The minimum absolute atomic E-state index is 0.0559. The van der Waals surface area contributed by atoms with Crippen molar-refractivity contribution in [2.45, 2.75) is 18.2 Å². The van der Waals surface area contributed by atoms with Gasteiger partial charge < -0.3 is 10.6 Å². The van der Waals surface area contributed by atoms with Gasteiger partial charge in [0.25, 0.3) is 0 Å². The van der Waals surface area contributed by atoms with Gasteiger partial charge in [-0.3, -0.25) is 4.98 Å². The lowest BCUT2D eigenvalue weighted by Crippen LogP contribution is -2.31. The third kappa shape index (κ3) is 3.43. The summed E-state index contributed by atoms with van der Waals surface area (Å²) in [6.45, 7) is 5.56. The molecular formula is C12H20N4O2S. The van der Waals surface area contributed by atoms with Crippen LogP contribution in [0.15, 0.2) is 23.4 Å². The molecule has 1 aliphatic heterocycles. The molecule has 1 saturated heterocycles. The molecule has 7 heteroatoms. The van der Waals surface area contributed by atoms with Gasteiger partial charge in [0.1, 0.15) is 4.90 Å². The molecule has 1 aromatic heterocycles. The van der Waals surface area contributed by atoms with E-state index in [1.165, 1.54) is 18.5 Å². The zero-order valence-corrected chi connectivity index (χ0v) is 11.9. The number of likely N-dealkylation sites (tertiary alicyclic amines) is 1. The van der Waals surface area contributed by atoms with E-state index in [4.69, 9.17) is 5.73 Å². The summed E-state index contributed by atoms with van der Waals surface area (Å²) >= 11 is 0. The Labute approximate surface area is 114 Å². The van der Waals surface area contributed by atoms with Gasteiger partial charge in [0, 0.05) is 25.5 Å². The highest BCUT2D eigenvalue weighted by atomic mass is 32.2. The highest BCUT2D eigenvalue weighted by Crippen LogP contribution is 2.18. The molecule has 2 heterocycles. The van der Waals surface area contributed by atoms with Crippen LogP contribution in [0.25, 0.3) is 0 Å². The van der Waals surface area contributed by atoms with Crippen LogP contribution in [0.3, 0.4) is 0 Å². The summed E-state index contributed by atoms with van der Waals surface area (Å²) in [7, 11) is -3.56. The van der Waals surface area contributed by atoms with Crippen LogP contribution in [0, 0.1) is 5.92 Å². The second-order valence-electron chi connectivity index (χ2n) is 4.81. The third-order valence-corrected chi connectivity index (χ3v) is 4.95. The minimum atomic E-state index is -3.56. The summed E-state index contributed by atoms with van der Waals surface area (Å²) in [6.07, 6.45) is 3.79. The highest BCUT2D eigenvalue weighted by Gasteiger charge is 2.24. The number of anilines is 1. The van der Waals surface area contributed by atoms with Crippen molar-refractivity contribution in [1.82, 2.24) is 14.6 Å². The van der Waals surface area contributed by atoms with Crippen molar-refractivity contribution < 1.29 is 8.42 Å². The second-order valence-corrected chi connectivity index (χ2v) is 6.55. The Morgan fingerprint density at radius 1 is 1.58 bits per heavy atom. The Morgan fingerprint density at radius 2 is 2.37 bits per heavy atom. The number of pyridine rings is 1. The molecule has 6 nitrogen and oxygen atoms in total. The van der Waals surface area contributed by atoms with E-state index >= 15 is 0 Å². The van der Waals surface area contributed by atoms with Gasteiger partial charge >= 0.3 is 0 Å². The van der Waals surface area contributed by atoms with Gasteiger partial charge in [0.15, 0.2) is 0 Å². The number of nitrogens with zero attached hydrogens (tertiary/aromatic N) is 2. The van der Waals surface area contributed by atoms with Gasteiger partial charge in [-0.15, -0.1) is 0 Å². The maximum atomic E-state index is 12.1. The molecule has 0 spiro atoms. The van der Waals surface area contributed by atoms with Gasteiger partial charge in [0.05, 0.1) is 5.69 Å². The smallest absolute Gasteiger partial charge is 0.244 e. The summed E-state index contributed by atoms with van der Waals surface area (Å²) in [5, 5.41) is 0. The van der Waals surface area contributed by atoms with E-state index in [1.807, 2.05) is 0 Å². The fraction of sp³-hybridized carbons (Fsp3) is 0.583. The van der Waals surface area contributed by atoms with Crippen molar-refractivity contribution in [3.8, 4) is 0 Å². The van der Waals surface area contributed by atoms with Crippen LogP contribution in [0.4, 0.5) is 5.69 Å². The van der Waals surface area contributed by atoms with Gasteiger partial charge in [0.2, 0.25) is 10.0 Å². The average Bonchev–Trinajstić information content (AvgIpc) is 2.85. The summed E-state index contributed by atoms with van der Waals surface area (Å²) in [6, 6.07) is 1.49. The number of nitrogens with two attached hydrogens (primary N) is 1. The molecular weight excluding hydrogens is 264 g/mol. The topological polar surface area (TPSA) is 88.3 Å². The molecule has 3 N–H and O–H groups in total. The molecule has 0 bridgehead atoms. The average molecular weight is 284 g/mol. The van der Waals surface area contributed by atoms with E-state index in [-0.39, 0.29) is 10.6 Å². The first kappa shape index (κ1) is 14.2. The number of hydrogen-bond acceptors (Lipinski definition) is 5. The fourth-order valence-corrected chi connectivity index (χ4v) is 3.48. The zero-order chi connectivity index (χ0) is 13.9. The van der Waals surface area contributed by atoms with Crippen LogP contribution in [-0.2, 0) is 10.0 Å². The van der Waals surface area contributed by atoms with E-state index in [1.54, 1.807) is 0 Å². The number of sulfonamides is 1. The predicted molar refractivity (Wildman–Crippen MR) is 74.1 cm³/mol. The van der Waals surface area contributed by atoms with Gasteiger partial charge in [-0.2, -0.15) is 0 Å². The number of aromatic nitrogens is 1. The Bertz CT molecular complexity index is 532. The Balaban J connectivity index is 1.97. The molecule has 0 amide bonds. The lowest BCUT2D eigenvalue weighted by molar-refractivity contribution is 0.342. The molecule has 1 atom stereocenters. The lowest BCUT2D eigenvalue weighted by Gasteiger charge is -2.14. The molecule has 1 aromatic rings. The Hall–Kier alpha value is -1.18. The molecule has 0 saturated carbocycles. The molecule has 1 fully saturated rings. The Kier molecular flexibility index (Phi) is 4.38. The third-order valence-electron chi connectivity index (χ3n) is 3.49.